The van der Waals surface area contributed by atoms with Crippen molar-refractivity contribution < 1.29 is 4.39 Å². The molecule has 2 aromatic rings. The molecule has 0 aliphatic heterocycles. The first-order chi connectivity index (χ1) is 10.7. The fraction of sp³-hybridized carbons (Fsp3) is 0.294. The molecular formula is C17H21FN4. The summed E-state index contributed by atoms with van der Waals surface area (Å²) in [5, 5.41) is 3.32. The Morgan fingerprint density at radius 1 is 1.23 bits per heavy atom. The lowest BCUT2D eigenvalue weighted by Gasteiger charge is -2.22. The van der Waals surface area contributed by atoms with Gasteiger partial charge in [0.25, 0.3) is 0 Å². The minimum absolute atomic E-state index is 0.217. The number of hydrogen-bond acceptors (Lipinski definition) is 2. The third-order valence-electron chi connectivity index (χ3n) is 3.33. The molecule has 2 rings (SSSR count). The highest BCUT2D eigenvalue weighted by molar-refractivity contribution is 5.79. The van der Waals surface area contributed by atoms with Crippen LogP contribution in [0.1, 0.15) is 11.1 Å². The molecule has 0 aliphatic rings. The van der Waals surface area contributed by atoms with E-state index < -0.39 is 0 Å². The Balaban J connectivity index is 1.84. The van der Waals surface area contributed by atoms with E-state index in [-0.39, 0.29) is 5.82 Å². The summed E-state index contributed by atoms with van der Waals surface area (Å²) in [6.07, 6.45) is 4.52. The molecule has 0 atom stereocenters. The van der Waals surface area contributed by atoms with Crippen molar-refractivity contribution in [1.82, 2.24) is 15.2 Å². The van der Waals surface area contributed by atoms with Crippen LogP contribution in [-0.4, -0.2) is 36.5 Å². The van der Waals surface area contributed by atoms with Crippen molar-refractivity contribution in [3.63, 3.8) is 0 Å². The van der Waals surface area contributed by atoms with Gasteiger partial charge in [0.1, 0.15) is 5.82 Å². The molecule has 0 saturated carbocycles. The lowest BCUT2D eigenvalue weighted by atomic mass is 10.2. The monoisotopic (exact) mass is 300 g/mol. The van der Waals surface area contributed by atoms with E-state index in [1.807, 2.05) is 24.2 Å². The number of nitrogens with zero attached hydrogens (tertiary/aromatic N) is 3. The maximum Gasteiger partial charge on any atom is 0.193 e. The Morgan fingerprint density at radius 2 is 2.00 bits per heavy atom. The Labute approximate surface area is 130 Å². The lowest BCUT2D eigenvalue weighted by Crippen LogP contribution is -2.39. The van der Waals surface area contributed by atoms with Gasteiger partial charge >= 0.3 is 0 Å². The number of hydrogen-bond donors (Lipinski definition) is 1. The number of halogens is 1. The van der Waals surface area contributed by atoms with Crippen molar-refractivity contribution in [3.8, 4) is 0 Å². The Kier molecular flexibility index (Phi) is 5.89. The molecule has 0 unspecified atom stereocenters. The molecule has 0 amide bonds. The van der Waals surface area contributed by atoms with Gasteiger partial charge in [-0.15, -0.1) is 0 Å². The van der Waals surface area contributed by atoms with Crippen LogP contribution in [0.4, 0.5) is 4.39 Å². The van der Waals surface area contributed by atoms with Gasteiger partial charge in [-0.05, 0) is 35.7 Å². The molecule has 0 spiro atoms. The normalized spacial score (nSPS) is 11.3. The highest BCUT2D eigenvalue weighted by Crippen LogP contribution is 2.05. The Hall–Kier alpha value is -2.43. The van der Waals surface area contributed by atoms with Gasteiger partial charge in [0.2, 0.25) is 0 Å². The summed E-state index contributed by atoms with van der Waals surface area (Å²) in [5.74, 6) is 0.596. The van der Waals surface area contributed by atoms with Gasteiger partial charge in [-0.3, -0.25) is 9.98 Å². The number of aliphatic imine (C=N–C) groups is 1. The fourth-order valence-electron chi connectivity index (χ4n) is 2.19. The molecule has 1 N–H and O–H groups in total. The van der Waals surface area contributed by atoms with Crippen LogP contribution in [0.15, 0.2) is 53.8 Å². The summed E-state index contributed by atoms with van der Waals surface area (Å²) in [4.78, 5) is 10.4. The van der Waals surface area contributed by atoms with E-state index in [1.54, 1.807) is 25.4 Å². The summed E-state index contributed by atoms with van der Waals surface area (Å²) in [6.45, 7) is 1.46. The highest BCUT2D eigenvalue weighted by atomic mass is 19.1. The fourth-order valence-corrected chi connectivity index (χ4v) is 2.19. The largest absolute Gasteiger partial charge is 0.356 e. The molecule has 5 heteroatoms. The quantitative estimate of drug-likeness (QED) is 0.681. The third kappa shape index (κ3) is 4.84. The molecule has 22 heavy (non-hydrogen) atoms. The van der Waals surface area contributed by atoms with Crippen molar-refractivity contribution in [2.75, 3.05) is 20.6 Å². The summed E-state index contributed by atoms with van der Waals surface area (Å²) in [5.41, 5.74) is 2.23. The number of nitrogens with one attached hydrogen (secondary N) is 1. The highest BCUT2D eigenvalue weighted by Gasteiger charge is 2.06. The zero-order valence-electron chi connectivity index (χ0n) is 13.0. The van der Waals surface area contributed by atoms with Crippen LogP contribution < -0.4 is 5.32 Å². The van der Waals surface area contributed by atoms with Gasteiger partial charge in [-0.25, -0.2) is 4.39 Å². The minimum Gasteiger partial charge on any atom is -0.356 e. The molecular weight excluding hydrogens is 279 g/mol. The topological polar surface area (TPSA) is 40.5 Å². The first-order valence-corrected chi connectivity index (χ1v) is 7.24. The molecule has 1 aromatic heterocycles. The average molecular weight is 300 g/mol. The van der Waals surface area contributed by atoms with Gasteiger partial charge in [0.05, 0.1) is 0 Å². The Morgan fingerprint density at radius 3 is 2.64 bits per heavy atom. The molecule has 0 radical (unpaired) electrons. The number of pyridine rings is 1. The molecule has 1 aromatic carbocycles. The van der Waals surface area contributed by atoms with Gasteiger partial charge in [-0.2, -0.15) is 0 Å². The predicted octanol–water partition coefficient (Wildman–Crippen LogP) is 2.47. The van der Waals surface area contributed by atoms with E-state index in [0.717, 1.165) is 24.5 Å². The molecule has 0 aliphatic carbocycles. The summed E-state index contributed by atoms with van der Waals surface area (Å²) in [7, 11) is 3.72. The second kappa shape index (κ2) is 8.12. The van der Waals surface area contributed by atoms with Crippen molar-refractivity contribution in [2.45, 2.75) is 13.0 Å². The number of guanidine groups is 1. The summed E-state index contributed by atoms with van der Waals surface area (Å²) in [6, 6.07) is 10.5. The van der Waals surface area contributed by atoms with Crippen LogP contribution in [0.25, 0.3) is 0 Å². The van der Waals surface area contributed by atoms with Crippen LogP contribution in [0.3, 0.4) is 0 Å². The zero-order valence-corrected chi connectivity index (χ0v) is 13.0. The zero-order chi connectivity index (χ0) is 15.8. The maximum absolute atomic E-state index is 12.9. The second-order valence-corrected chi connectivity index (χ2v) is 5.07. The number of rotatable bonds is 5. The minimum atomic E-state index is -0.217. The van der Waals surface area contributed by atoms with Gasteiger partial charge in [0, 0.05) is 39.6 Å². The molecule has 0 bridgehead atoms. The maximum atomic E-state index is 12.9. The smallest absolute Gasteiger partial charge is 0.193 e. The van der Waals surface area contributed by atoms with E-state index in [0.29, 0.717) is 6.54 Å². The lowest BCUT2D eigenvalue weighted by molar-refractivity contribution is 0.476. The van der Waals surface area contributed by atoms with Gasteiger partial charge in [-0.1, -0.05) is 18.2 Å². The molecule has 116 valence electrons. The number of benzene rings is 1. The van der Waals surface area contributed by atoms with Crippen LogP contribution in [-0.2, 0) is 13.0 Å². The molecule has 0 fully saturated rings. The predicted molar refractivity (Wildman–Crippen MR) is 87.2 cm³/mol. The van der Waals surface area contributed by atoms with Crippen molar-refractivity contribution in [1.29, 1.82) is 0 Å². The third-order valence-corrected chi connectivity index (χ3v) is 3.33. The van der Waals surface area contributed by atoms with E-state index in [1.165, 1.54) is 17.7 Å². The van der Waals surface area contributed by atoms with E-state index >= 15 is 0 Å². The average Bonchev–Trinajstić information content (AvgIpc) is 2.54. The van der Waals surface area contributed by atoms with Gasteiger partial charge < -0.3 is 10.2 Å². The Bertz CT molecular complexity index is 596. The van der Waals surface area contributed by atoms with Crippen molar-refractivity contribution in [2.24, 2.45) is 4.99 Å². The van der Waals surface area contributed by atoms with E-state index in [2.05, 4.69) is 21.4 Å². The van der Waals surface area contributed by atoms with E-state index in [4.69, 9.17) is 0 Å². The SMILES string of the molecule is CN=C(NCCc1cccnc1)N(C)Cc1ccc(F)cc1. The van der Waals surface area contributed by atoms with E-state index in [9.17, 15) is 4.39 Å². The van der Waals surface area contributed by atoms with Crippen LogP contribution >= 0.6 is 0 Å². The second-order valence-electron chi connectivity index (χ2n) is 5.07. The van der Waals surface area contributed by atoms with Gasteiger partial charge in [0.15, 0.2) is 5.96 Å². The summed E-state index contributed by atoms with van der Waals surface area (Å²) < 4.78 is 12.9. The van der Waals surface area contributed by atoms with Crippen LogP contribution in [0, 0.1) is 5.82 Å². The van der Waals surface area contributed by atoms with Crippen LogP contribution in [0.2, 0.25) is 0 Å². The molecule has 1 heterocycles. The van der Waals surface area contributed by atoms with Crippen molar-refractivity contribution in [3.05, 3.63) is 65.7 Å². The molecule has 0 saturated heterocycles. The van der Waals surface area contributed by atoms with Crippen LogP contribution in [0.5, 0.6) is 0 Å². The van der Waals surface area contributed by atoms with Crippen molar-refractivity contribution >= 4 is 5.96 Å². The summed E-state index contributed by atoms with van der Waals surface area (Å²) >= 11 is 0. The first-order valence-electron chi connectivity index (χ1n) is 7.24. The standard InChI is InChI=1S/C17H21FN4/c1-19-17(21-11-9-14-4-3-10-20-12-14)22(2)13-15-5-7-16(18)8-6-15/h3-8,10,12H,9,11,13H2,1-2H3,(H,19,21). The first kappa shape index (κ1) is 15.9. The molecule has 4 nitrogen and oxygen atoms in total. The number of aromatic nitrogens is 1.